The Morgan fingerprint density at radius 3 is 2.70 bits per heavy atom. The normalized spacial score (nSPS) is 18.6. The number of alkyl carbamates (subject to hydrolysis) is 1. The van der Waals surface area contributed by atoms with Crippen LogP contribution in [0.5, 0.6) is 5.75 Å². The molecule has 0 saturated carbocycles. The van der Waals surface area contributed by atoms with E-state index >= 15 is 0 Å². The van der Waals surface area contributed by atoms with Gasteiger partial charge in [-0.15, -0.1) is 25.6 Å². The molecule has 1 amide bonds. The van der Waals surface area contributed by atoms with Crippen molar-refractivity contribution in [1.82, 2.24) is 5.32 Å². The second kappa shape index (κ2) is 6.53. The number of rotatable bonds is 2. The van der Waals surface area contributed by atoms with E-state index < -0.39 is 18.5 Å². The first-order valence-electron chi connectivity index (χ1n) is 5.33. The highest BCUT2D eigenvalue weighted by atomic mass is 79.9. The zero-order valence-electron chi connectivity index (χ0n) is 9.87. The molecule has 0 aromatic heterocycles. The number of amides is 1. The van der Waals surface area contributed by atoms with Gasteiger partial charge in [-0.25, -0.2) is 4.79 Å². The van der Waals surface area contributed by atoms with Crippen LogP contribution in [-0.2, 0) is 4.74 Å². The fourth-order valence-electron chi connectivity index (χ4n) is 1.77. The highest BCUT2D eigenvalue weighted by Crippen LogP contribution is 2.34. The van der Waals surface area contributed by atoms with Crippen molar-refractivity contribution in [1.29, 1.82) is 0 Å². The van der Waals surface area contributed by atoms with Gasteiger partial charge in [-0.3, -0.25) is 0 Å². The Bertz CT molecular complexity index is 498. The van der Waals surface area contributed by atoms with Gasteiger partial charge in [0.2, 0.25) is 0 Å². The molecular formula is C11H10BrClF3NO3. The van der Waals surface area contributed by atoms with Crippen molar-refractivity contribution in [2.45, 2.75) is 18.8 Å². The van der Waals surface area contributed by atoms with Crippen LogP contribution in [0.1, 0.15) is 18.0 Å². The Morgan fingerprint density at radius 1 is 1.40 bits per heavy atom. The molecule has 1 saturated heterocycles. The molecule has 0 radical (unpaired) electrons. The summed E-state index contributed by atoms with van der Waals surface area (Å²) in [5, 5.41) is 2.46. The highest BCUT2D eigenvalue weighted by Gasteiger charge is 2.34. The lowest BCUT2D eigenvalue weighted by atomic mass is 10.0. The third kappa shape index (κ3) is 4.45. The number of alkyl halides is 3. The van der Waals surface area contributed by atoms with Gasteiger partial charge in [0, 0.05) is 16.5 Å². The Hall–Kier alpha value is -1.15. The molecule has 2 rings (SSSR count). The maximum Gasteiger partial charge on any atom is 0.573 e. The van der Waals surface area contributed by atoms with Crippen LogP contribution in [0, 0.1) is 0 Å². The number of cyclic esters (lactones) is 1. The Kier molecular flexibility index (Phi) is 5.52. The van der Waals surface area contributed by atoms with Crippen LogP contribution in [-0.4, -0.2) is 19.1 Å². The first-order chi connectivity index (χ1) is 8.85. The molecule has 1 aliphatic heterocycles. The van der Waals surface area contributed by atoms with E-state index in [0.29, 0.717) is 10.9 Å². The summed E-state index contributed by atoms with van der Waals surface area (Å²) in [7, 11) is 0. The zero-order valence-corrected chi connectivity index (χ0v) is 12.3. The molecule has 1 heterocycles. The van der Waals surface area contributed by atoms with Gasteiger partial charge in [0.1, 0.15) is 5.75 Å². The number of benzene rings is 1. The summed E-state index contributed by atoms with van der Waals surface area (Å²) in [6, 6.07) is 3.55. The first-order valence-corrected chi connectivity index (χ1v) is 6.13. The average Bonchev–Trinajstić information content (AvgIpc) is 2.30. The molecule has 0 bridgehead atoms. The van der Waals surface area contributed by atoms with Gasteiger partial charge in [-0.2, -0.15) is 0 Å². The highest BCUT2D eigenvalue weighted by molar-refractivity contribution is 9.10. The van der Waals surface area contributed by atoms with E-state index in [0.717, 1.165) is 0 Å². The second-order valence-electron chi connectivity index (χ2n) is 3.85. The van der Waals surface area contributed by atoms with E-state index in [1.54, 1.807) is 0 Å². The molecule has 1 fully saturated rings. The SMILES string of the molecule is Cl.O=C1N[C@@H](c2cc(Br)ccc2OC(F)(F)F)CCO1. The average molecular weight is 377 g/mol. The molecule has 4 nitrogen and oxygen atoms in total. The number of ether oxygens (including phenoxy) is 2. The first kappa shape index (κ1) is 16.9. The smallest absolute Gasteiger partial charge is 0.449 e. The second-order valence-corrected chi connectivity index (χ2v) is 4.77. The molecule has 9 heteroatoms. The van der Waals surface area contributed by atoms with Crippen molar-refractivity contribution < 1.29 is 27.4 Å². The van der Waals surface area contributed by atoms with E-state index in [-0.39, 0.29) is 30.3 Å². The van der Waals surface area contributed by atoms with Crippen LogP contribution in [0.4, 0.5) is 18.0 Å². The Morgan fingerprint density at radius 2 is 2.10 bits per heavy atom. The predicted molar refractivity (Wildman–Crippen MR) is 69.9 cm³/mol. The maximum absolute atomic E-state index is 12.3. The maximum atomic E-state index is 12.3. The van der Waals surface area contributed by atoms with Crippen LogP contribution in [0.25, 0.3) is 0 Å². The summed E-state index contributed by atoms with van der Waals surface area (Å²) in [5.41, 5.74) is 0.253. The van der Waals surface area contributed by atoms with Gasteiger partial charge in [0.05, 0.1) is 12.6 Å². The topological polar surface area (TPSA) is 47.6 Å². The van der Waals surface area contributed by atoms with Gasteiger partial charge < -0.3 is 14.8 Å². The van der Waals surface area contributed by atoms with Crippen molar-refractivity contribution in [2.75, 3.05) is 6.61 Å². The van der Waals surface area contributed by atoms with Crippen molar-refractivity contribution in [2.24, 2.45) is 0 Å². The fraction of sp³-hybridized carbons (Fsp3) is 0.364. The van der Waals surface area contributed by atoms with Gasteiger partial charge >= 0.3 is 12.5 Å². The molecular weight excluding hydrogens is 366 g/mol. The number of hydrogen-bond acceptors (Lipinski definition) is 3. The van der Waals surface area contributed by atoms with E-state index in [1.807, 2.05) is 0 Å². The number of carbonyl (C=O) groups is 1. The summed E-state index contributed by atoms with van der Waals surface area (Å²) in [4.78, 5) is 11.1. The third-order valence-electron chi connectivity index (χ3n) is 2.50. The van der Waals surface area contributed by atoms with Crippen LogP contribution < -0.4 is 10.1 Å². The monoisotopic (exact) mass is 375 g/mol. The summed E-state index contributed by atoms with van der Waals surface area (Å²) in [5.74, 6) is -0.331. The summed E-state index contributed by atoms with van der Waals surface area (Å²) in [6.45, 7) is 0.147. The Labute approximate surface area is 127 Å². The van der Waals surface area contributed by atoms with Crippen molar-refractivity contribution in [3.05, 3.63) is 28.2 Å². The lowest BCUT2D eigenvalue weighted by molar-refractivity contribution is -0.275. The molecule has 0 spiro atoms. The van der Waals surface area contributed by atoms with E-state index in [1.165, 1.54) is 18.2 Å². The minimum atomic E-state index is -4.78. The van der Waals surface area contributed by atoms with Crippen molar-refractivity contribution in [3.8, 4) is 5.75 Å². The quantitative estimate of drug-likeness (QED) is 0.850. The van der Waals surface area contributed by atoms with E-state index in [2.05, 4.69) is 30.7 Å². The minimum absolute atomic E-state index is 0. The number of carbonyl (C=O) groups excluding carboxylic acids is 1. The van der Waals surface area contributed by atoms with Gasteiger partial charge in [-0.1, -0.05) is 15.9 Å². The van der Waals surface area contributed by atoms with Gasteiger partial charge in [-0.05, 0) is 18.2 Å². The summed E-state index contributed by atoms with van der Waals surface area (Å²) < 4.78 is 46.2. The van der Waals surface area contributed by atoms with E-state index in [9.17, 15) is 18.0 Å². The lowest BCUT2D eigenvalue weighted by Gasteiger charge is -2.25. The zero-order chi connectivity index (χ0) is 14.0. The van der Waals surface area contributed by atoms with Gasteiger partial charge in [0.15, 0.2) is 0 Å². The summed E-state index contributed by atoms with van der Waals surface area (Å²) >= 11 is 3.18. The Balaban J connectivity index is 0.00000200. The molecule has 1 N–H and O–H groups in total. The number of halogens is 5. The van der Waals surface area contributed by atoms with E-state index in [4.69, 9.17) is 0 Å². The largest absolute Gasteiger partial charge is 0.573 e. The standard InChI is InChI=1S/C11H9BrF3NO3.ClH/c12-6-1-2-9(19-11(13,14)15)7(5-6)8-3-4-18-10(17)16-8;/h1-2,5,8H,3-4H2,(H,16,17);1H/t8-;/m1./s1. The van der Waals surface area contributed by atoms with Crippen LogP contribution in [0.2, 0.25) is 0 Å². The molecule has 1 aromatic rings. The lowest BCUT2D eigenvalue weighted by Crippen LogP contribution is -2.35. The fourth-order valence-corrected chi connectivity index (χ4v) is 2.15. The molecule has 1 aliphatic rings. The molecule has 1 atom stereocenters. The third-order valence-corrected chi connectivity index (χ3v) is 3.00. The minimum Gasteiger partial charge on any atom is -0.449 e. The predicted octanol–water partition coefficient (Wildman–Crippen LogP) is 3.94. The van der Waals surface area contributed by atoms with Crippen molar-refractivity contribution in [3.63, 3.8) is 0 Å². The summed E-state index contributed by atoms with van der Waals surface area (Å²) in [6.07, 6.45) is -5.07. The number of hydrogen-bond donors (Lipinski definition) is 1. The molecule has 0 aliphatic carbocycles. The molecule has 112 valence electrons. The molecule has 0 unspecified atom stereocenters. The van der Waals surface area contributed by atoms with Gasteiger partial charge in [0.25, 0.3) is 0 Å². The molecule has 1 aromatic carbocycles. The van der Waals surface area contributed by atoms with Crippen LogP contribution in [0.3, 0.4) is 0 Å². The van der Waals surface area contributed by atoms with Crippen molar-refractivity contribution >= 4 is 34.4 Å². The number of nitrogens with one attached hydrogen (secondary N) is 1. The molecule has 20 heavy (non-hydrogen) atoms. The van der Waals surface area contributed by atoms with Crippen LogP contribution >= 0.6 is 28.3 Å². The van der Waals surface area contributed by atoms with Crippen LogP contribution in [0.15, 0.2) is 22.7 Å².